The van der Waals surface area contributed by atoms with Crippen LogP contribution < -0.4 is 10.6 Å². The van der Waals surface area contributed by atoms with Crippen molar-refractivity contribution in [2.24, 2.45) is 0 Å². The summed E-state index contributed by atoms with van der Waals surface area (Å²) in [5.74, 6) is 0.928. The highest BCUT2D eigenvalue weighted by atomic mass is 32.2. The van der Waals surface area contributed by atoms with Crippen LogP contribution in [0.25, 0.3) is 0 Å². The van der Waals surface area contributed by atoms with Crippen molar-refractivity contribution in [2.75, 3.05) is 23.4 Å². The molecule has 0 radical (unpaired) electrons. The Morgan fingerprint density at radius 2 is 2.00 bits per heavy atom. The average molecular weight is 304 g/mol. The van der Waals surface area contributed by atoms with E-state index in [0.717, 1.165) is 10.6 Å². The molecule has 6 nitrogen and oxygen atoms in total. The monoisotopic (exact) mass is 304 g/mol. The number of aromatic nitrogens is 1. The van der Waals surface area contributed by atoms with Gasteiger partial charge in [-0.3, -0.25) is 10.1 Å². The third kappa shape index (κ3) is 3.85. The maximum Gasteiger partial charge on any atom is 0.276 e. The van der Waals surface area contributed by atoms with E-state index in [0.29, 0.717) is 18.2 Å². The molecule has 0 aliphatic carbocycles. The van der Waals surface area contributed by atoms with Crippen molar-refractivity contribution in [3.63, 3.8) is 0 Å². The summed E-state index contributed by atoms with van der Waals surface area (Å²) in [4.78, 5) is 16.0. The minimum absolute atomic E-state index is 0.00471. The van der Waals surface area contributed by atoms with Gasteiger partial charge in [-0.05, 0) is 25.3 Å². The van der Waals surface area contributed by atoms with Crippen molar-refractivity contribution in [1.82, 2.24) is 4.98 Å². The summed E-state index contributed by atoms with van der Waals surface area (Å²) < 4.78 is 0. The van der Waals surface area contributed by atoms with Gasteiger partial charge in [0.15, 0.2) is 0 Å². The predicted molar refractivity (Wildman–Crippen MR) is 86.6 cm³/mol. The fourth-order valence-electron chi connectivity index (χ4n) is 1.84. The Labute approximate surface area is 127 Å². The molecule has 0 saturated heterocycles. The second-order valence-electron chi connectivity index (χ2n) is 4.21. The van der Waals surface area contributed by atoms with Gasteiger partial charge in [-0.1, -0.05) is 12.1 Å². The van der Waals surface area contributed by atoms with Gasteiger partial charge in [0.2, 0.25) is 0 Å². The molecule has 2 aromatic rings. The van der Waals surface area contributed by atoms with Crippen LogP contribution in [0.1, 0.15) is 6.92 Å². The third-order valence-corrected chi connectivity index (χ3v) is 3.54. The lowest BCUT2D eigenvalue weighted by molar-refractivity contribution is -0.384. The predicted octanol–water partition coefficient (Wildman–Crippen LogP) is 3.89. The maximum atomic E-state index is 11.0. The molecule has 0 amide bonds. The summed E-state index contributed by atoms with van der Waals surface area (Å²) in [6.07, 6.45) is 1.98. The molecule has 7 heteroatoms. The first-order valence-electron chi connectivity index (χ1n) is 6.44. The topological polar surface area (TPSA) is 80.1 Å². The van der Waals surface area contributed by atoms with Crippen LogP contribution in [0.3, 0.4) is 0 Å². The van der Waals surface area contributed by atoms with E-state index in [2.05, 4.69) is 15.6 Å². The number of hydrogen-bond acceptors (Lipinski definition) is 6. The molecular formula is C14H16N4O2S. The first kappa shape index (κ1) is 15.1. The van der Waals surface area contributed by atoms with Gasteiger partial charge in [0.05, 0.1) is 22.7 Å². The van der Waals surface area contributed by atoms with Crippen molar-refractivity contribution >= 4 is 34.8 Å². The molecule has 110 valence electrons. The molecular weight excluding hydrogens is 288 g/mol. The number of nitro groups is 1. The summed E-state index contributed by atoms with van der Waals surface area (Å²) in [5, 5.41) is 17.1. The Hall–Kier alpha value is -2.28. The van der Waals surface area contributed by atoms with Crippen LogP contribution >= 0.6 is 11.8 Å². The summed E-state index contributed by atoms with van der Waals surface area (Å²) in [6, 6.07) is 10.6. The first-order chi connectivity index (χ1) is 10.1. The van der Waals surface area contributed by atoms with Gasteiger partial charge in [0.1, 0.15) is 11.6 Å². The number of anilines is 3. The van der Waals surface area contributed by atoms with Gasteiger partial charge < -0.3 is 10.6 Å². The van der Waals surface area contributed by atoms with Crippen molar-refractivity contribution in [2.45, 2.75) is 11.8 Å². The number of para-hydroxylation sites is 1. The molecule has 0 aliphatic heterocycles. The van der Waals surface area contributed by atoms with E-state index in [1.165, 1.54) is 12.1 Å². The molecule has 2 N–H and O–H groups in total. The Morgan fingerprint density at radius 1 is 1.29 bits per heavy atom. The molecule has 2 rings (SSSR count). The van der Waals surface area contributed by atoms with Crippen LogP contribution in [0.4, 0.5) is 23.0 Å². The van der Waals surface area contributed by atoms with Gasteiger partial charge >= 0.3 is 0 Å². The van der Waals surface area contributed by atoms with E-state index >= 15 is 0 Å². The highest BCUT2D eigenvalue weighted by Gasteiger charge is 2.12. The molecule has 0 bridgehead atoms. The molecule has 0 fully saturated rings. The zero-order valence-electron chi connectivity index (χ0n) is 11.8. The Kier molecular flexibility index (Phi) is 4.99. The van der Waals surface area contributed by atoms with Gasteiger partial charge in [0.25, 0.3) is 5.69 Å². The molecule has 0 unspecified atom stereocenters. The molecule has 1 aromatic carbocycles. The molecule has 0 saturated carbocycles. The normalized spacial score (nSPS) is 10.2. The van der Waals surface area contributed by atoms with E-state index in [-0.39, 0.29) is 5.69 Å². The quantitative estimate of drug-likeness (QED) is 0.479. The van der Waals surface area contributed by atoms with Crippen molar-refractivity contribution in [3.8, 4) is 0 Å². The van der Waals surface area contributed by atoms with Gasteiger partial charge in [-0.25, -0.2) is 4.98 Å². The number of rotatable bonds is 6. The second kappa shape index (κ2) is 6.94. The van der Waals surface area contributed by atoms with Crippen LogP contribution in [0.5, 0.6) is 0 Å². The van der Waals surface area contributed by atoms with Crippen molar-refractivity contribution in [1.29, 1.82) is 0 Å². The van der Waals surface area contributed by atoms with E-state index in [9.17, 15) is 10.1 Å². The number of hydrogen-bond donors (Lipinski definition) is 2. The molecule has 1 heterocycles. The highest BCUT2D eigenvalue weighted by molar-refractivity contribution is 7.98. The Bertz CT molecular complexity index is 649. The average Bonchev–Trinajstić information content (AvgIpc) is 2.48. The Balaban J connectivity index is 2.36. The van der Waals surface area contributed by atoms with Gasteiger partial charge in [-0.2, -0.15) is 0 Å². The van der Waals surface area contributed by atoms with Crippen LogP contribution in [0, 0.1) is 10.1 Å². The molecule has 0 aliphatic rings. The van der Waals surface area contributed by atoms with E-state index in [1.807, 2.05) is 37.4 Å². The van der Waals surface area contributed by atoms with Crippen LogP contribution in [0.15, 0.2) is 41.3 Å². The number of nitrogens with one attached hydrogen (secondary N) is 2. The zero-order chi connectivity index (χ0) is 15.2. The largest absolute Gasteiger partial charge is 0.370 e. The SMILES string of the molecule is CCNc1cc([N+](=O)[O-])cc(Nc2ccccc2SC)n1. The number of pyridine rings is 1. The van der Waals surface area contributed by atoms with Crippen LogP contribution in [0.2, 0.25) is 0 Å². The fraction of sp³-hybridized carbons (Fsp3) is 0.214. The molecule has 0 atom stereocenters. The molecule has 0 spiro atoms. The number of benzene rings is 1. The van der Waals surface area contributed by atoms with E-state index in [4.69, 9.17) is 0 Å². The summed E-state index contributed by atoms with van der Waals surface area (Å²) >= 11 is 1.60. The standard InChI is InChI=1S/C14H16N4O2S/c1-3-15-13-8-10(18(19)20)9-14(17-13)16-11-6-4-5-7-12(11)21-2/h4-9H,3H2,1-2H3,(H2,15,16,17). The minimum Gasteiger partial charge on any atom is -0.370 e. The van der Waals surface area contributed by atoms with Crippen LogP contribution in [-0.2, 0) is 0 Å². The van der Waals surface area contributed by atoms with Gasteiger partial charge in [-0.15, -0.1) is 11.8 Å². The summed E-state index contributed by atoms with van der Waals surface area (Å²) in [7, 11) is 0. The van der Waals surface area contributed by atoms with Crippen molar-refractivity contribution < 1.29 is 4.92 Å². The van der Waals surface area contributed by atoms with E-state index < -0.39 is 4.92 Å². The fourth-order valence-corrected chi connectivity index (χ4v) is 2.40. The maximum absolute atomic E-state index is 11.0. The number of nitrogens with zero attached hydrogens (tertiary/aromatic N) is 2. The third-order valence-electron chi connectivity index (χ3n) is 2.75. The second-order valence-corrected chi connectivity index (χ2v) is 5.06. The Morgan fingerprint density at radius 3 is 2.67 bits per heavy atom. The summed E-state index contributed by atoms with van der Waals surface area (Å²) in [5.41, 5.74) is 0.880. The van der Waals surface area contributed by atoms with E-state index in [1.54, 1.807) is 11.8 Å². The lowest BCUT2D eigenvalue weighted by atomic mass is 10.3. The number of thioether (sulfide) groups is 1. The molecule has 21 heavy (non-hydrogen) atoms. The highest BCUT2D eigenvalue weighted by Crippen LogP contribution is 2.29. The molecule has 1 aromatic heterocycles. The van der Waals surface area contributed by atoms with Crippen LogP contribution in [-0.4, -0.2) is 22.7 Å². The first-order valence-corrected chi connectivity index (χ1v) is 7.67. The van der Waals surface area contributed by atoms with Crippen molar-refractivity contribution in [3.05, 3.63) is 46.5 Å². The lowest BCUT2D eigenvalue weighted by Crippen LogP contribution is -2.03. The lowest BCUT2D eigenvalue weighted by Gasteiger charge is -2.11. The smallest absolute Gasteiger partial charge is 0.276 e. The minimum atomic E-state index is -0.422. The summed E-state index contributed by atoms with van der Waals surface area (Å²) in [6.45, 7) is 2.56. The zero-order valence-corrected chi connectivity index (χ0v) is 12.6. The van der Waals surface area contributed by atoms with Gasteiger partial charge in [0, 0.05) is 11.4 Å².